The normalized spacial score (nSPS) is 15.9. The van der Waals surface area contributed by atoms with Crippen molar-refractivity contribution in [3.8, 4) is 0 Å². The molecule has 1 fully saturated rings. The second-order valence-electron chi connectivity index (χ2n) is 6.37. The zero-order chi connectivity index (χ0) is 16.1. The Hall–Kier alpha value is -2.17. The lowest BCUT2D eigenvalue weighted by atomic mass is 10.1. The Kier molecular flexibility index (Phi) is 5.05. The molecule has 23 heavy (non-hydrogen) atoms. The van der Waals surface area contributed by atoms with Crippen LogP contribution in [0.3, 0.4) is 0 Å². The number of aromatic nitrogens is 3. The van der Waals surface area contributed by atoms with Crippen LogP contribution in [-0.2, 0) is 0 Å². The maximum atomic E-state index is 4.57. The summed E-state index contributed by atoms with van der Waals surface area (Å²) < 4.78 is 0. The Labute approximate surface area is 137 Å². The van der Waals surface area contributed by atoms with E-state index in [1.54, 1.807) is 6.20 Å². The fraction of sp³-hybridized carbons (Fsp3) is 0.500. The third kappa shape index (κ3) is 4.18. The number of hydrogen-bond acceptors (Lipinski definition) is 5. The number of nitrogens with one attached hydrogen (secondary N) is 2. The monoisotopic (exact) mass is 311 g/mol. The minimum absolute atomic E-state index is 0.503. The van der Waals surface area contributed by atoms with Gasteiger partial charge in [0.25, 0.3) is 0 Å². The Morgan fingerprint density at radius 1 is 1.04 bits per heavy atom. The van der Waals surface area contributed by atoms with Crippen molar-refractivity contribution in [3.63, 3.8) is 0 Å². The molecule has 0 aliphatic heterocycles. The van der Waals surface area contributed by atoms with E-state index in [1.165, 1.54) is 49.7 Å². The van der Waals surface area contributed by atoms with Gasteiger partial charge < -0.3 is 10.6 Å². The Balaban J connectivity index is 1.70. The van der Waals surface area contributed by atoms with E-state index < -0.39 is 0 Å². The largest absolute Gasteiger partial charge is 0.366 e. The van der Waals surface area contributed by atoms with Gasteiger partial charge in [0.05, 0.1) is 6.20 Å². The molecule has 2 aromatic rings. The summed E-state index contributed by atoms with van der Waals surface area (Å²) in [5.41, 5.74) is 3.48. The van der Waals surface area contributed by atoms with Crippen LogP contribution in [0.15, 0.2) is 24.4 Å². The van der Waals surface area contributed by atoms with Crippen molar-refractivity contribution in [2.45, 2.75) is 58.4 Å². The van der Waals surface area contributed by atoms with Gasteiger partial charge in [0.15, 0.2) is 5.82 Å². The van der Waals surface area contributed by atoms with Gasteiger partial charge in [-0.2, -0.15) is 10.1 Å². The first-order valence-electron chi connectivity index (χ1n) is 8.52. The van der Waals surface area contributed by atoms with Crippen LogP contribution >= 0.6 is 0 Å². The summed E-state index contributed by atoms with van der Waals surface area (Å²) >= 11 is 0. The molecule has 0 saturated heterocycles. The first kappa shape index (κ1) is 15.7. The molecule has 5 nitrogen and oxygen atoms in total. The zero-order valence-corrected chi connectivity index (χ0v) is 14.0. The summed E-state index contributed by atoms with van der Waals surface area (Å²) in [5, 5.41) is 15.0. The van der Waals surface area contributed by atoms with E-state index in [-0.39, 0.29) is 0 Å². The Morgan fingerprint density at radius 3 is 2.61 bits per heavy atom. The minimum Gasteiger partial charge on any atom is -0.366 e. The summed E-state index contributed by atoms with van der Waals surface area (Å²) in [6.45, 7) is 4.20. The third-order valence-electron chi connectivity index (χ3n) is 4.62. The van der Waals surface area contributed by atoms with Crippen LogP contribution in [0.1, 0.15) is 49.7 Å². The smallest absolute Gasteiger partial charge is 0.249 e. The van der Waals surface area contributed by atoms with E-state index in [9.17, 15) is 0 Å². The van der Waals surface area contributed by atoms with Gasteiger partial charge in [0, 0.05) is 11.7 Å². The van der Waals surface area contributed by atoms with Crippen LogP contribution in [0, 0.1) is 13.8 Å². The summed E-state index contributed by atoms with van der Waals surface area (Å²) in [4.78, 5) is 4.57. The molecule has 1 aliphatic carbocycles. The van der Waals surface area contributed by atoms with Crippen LogP contribution in [0.25, 0.3) is 0 Å². The molecule has 1 heterocycles. The first-order chi connectivity index (χ1) is 11.2. The predicted octanol–water partition coefficient (Wildman–Crippen LogP) is 4.37. The van der Waals surface area contributed by atoms with Gasteiger partial charge in [-0.05, 0) is 43.9 Å². The number of hydrogen-bond donors (Lipinski definition) is 2. The molecule has 1 aromatic heterocycles. The van der Waals surface area contributed by atoms with Crippen molar-refractivity contribution in [2.24, 2.45) is 0 Å². The van der Waals surface area contributed by atoms with Crippen LogP contribution < -0.4 is 10.6 Å². The molecule has 1 aromatic carbocycles. The molecule has 0 bridgehead atoms. The molecule has 1 saturated carbocycles. The second-order valence-corrected chi connectivity index (χ2v) is 6.37. The van der Waals surface area contributed by atoms with Gasteiger partial charge >= 0.3 is 0 Å². The van der Waals surface area contributed by atoms with Crippen molar-refractivity contribution < 1.29 is 0 Å². The van der Waals surface area contributed by atoms with Gasteiger partial charge in [-0.25, -0.2) is 0 Å². The fourth-order valence-electron chi connectivity index (χ4n) is 3.07. The van der Waals surface area contributed by atoms with E-state index in [2.05, 4.69) is 45.7 Å². The fourth-order valence-corrected chi connectivity index (χ4v) is 3.07. The molecule has 0 spiro atoms. The van der Waals surface area contributed by atoms with Gasteiger partial charge in [-0.1, -0.05) is 37.8 Å². The number of rotatable bonds is 4. The molecule has 0 atom stereocenters. The second kappa shape index (κ2) is 7.40. The van der Waals surface area contributed by atoms with E-state index >= 15 is 0 Å². The number of nitrogens with zero attached hydrogens (tertiary/aromatic N) is 3. The maximum absolute atomic E-state index is 4.57. The molecular formula is C18H25N5. The number of benzene rings is 1. The van der Waals surface area contributed by atoms with Crippen LogP contribution in [0.5, 0.6) is 0 Å². The average Bonchev–Trinajstić information content (AvgIpc) is 2.81. The molecule has 5 heteroatoms. The summed E-state index contributed by atoms with van der Waals surface area (Å²) in [6, 6.07) is 6.68. The summed E-state index contributed by atoms with van der Waals surface area (Å²) in [7, 11) is 0. The number of anilines is 3. The highest BCUT2D eigenvalue weighted by Crippen LogP contribution is 2.22. The predicted molar refractivity (Wildman–Crippen MR) is 94.1 cm³/mol. The summed E-state index contributed by atoms with van der Waals surface area (Å²) in [5.74, 6) is 1.34. The van der Waals surface area contributed by atoms with E-state index in [4.69, 9.17) is 0 Å². The summed E-state index contributed by atoms with van der Waals surface area (Å²) in [6.07, 6.45) is 9.42. The van der Waals surface area contributed by atoms with Crippen molar-refractivity contribution in [3.05, 3.63) is 35.5 Å². The van der Waals surface area contributed by atoms with Crippen LogP contribution in [0.2, 0.25) is 0 Å². The van der Waals surface area contributed by atoms with Gasteiger partial charge in [0.2, 0.25) is 5.95 Å². The topological polar surface area (TPSA) is 62.7 Å². The lowest BCUT2D eigenvalue weighted by Crippen LogP contribution is -2.19. The molecular weight excluding hydrogens is 286 g/mol. The number of aryl methyl sites for hydroxylation is 1. The molecule has 2 N–H and O–H groups in total. The van der Waals surface area contributed by atoms with Crippen LogP contribution in [0.4, 0.5) is 17.5 Å². The van der Waals surface area contributed by atoms with Crippen molar-refractivity contribution in [2.75, 3.05) is 10.6 Å². The Morgan fingerprint density at radius 2 is 1.83 bits per heavy atom. The highest BCUT2D eigenvalue weighted by molar-refractivity contribution is 5.60. The highest BCUT2D eigenvalue weighted by Gasteiger charge is 2.13. The van der Waals surface area contributed by atoms with Crippen LogP contribution in [-0.4, -0.2) is 21.2 Å². The zero-order valence-electron chi connectivity index (χ0n) is 14.0. The van der Waals surface area contributed by atoms with E-state index in [1.807, 2.05) is 12.1 Å². The van der Waals surface area contributed by atoms with Crippen molar-refractivity contribution in [1.82, 2.24) is 15.2 Å². The van der Waals surface area contributed by atoms with Crippen molar-refractivity contribution >= 4 is 17.5 Å². The molecule has 0 amide bonds. The molecule has 3 rings (SSSR count). The molecule has 0 unspecified atom stereocenters. The lowest BCUT2D eigenvalue weighted by Gasteiger charge is -2.17. The quantitative estimate of drug-likeness (QED) is 0.821. The first-order valence-corrected chi connectivity index (χ1v) is 8.52. The van der Waals surface area contributed by atoms with Gasteiger partial charge in [0.1, 0.15) is 0 Å². The molecule has 1 aliphatic rings. The van der Waals surface area contributed by atoms with E-state index in [0.717, 1.165) is 11.5 Å². The van der Waals surface area contributed by atoms with Crippen molar-refractivity contribution in [1.29, 1.82) is 0 Å². The third-order valence-corrected chi connectivity index (χ3v) is 4.62. The molecule has 0 radical (unpaired) electrons. The minimum atomic E-state index is 0.503. The van der Waals surface area contributed by atoms with E-state index in [0.29, 0.717) is 12.0 Å². The highest BCUT2D eigenvalue weighted by atomic mass is 15.3. The van der Waals surface area contributed by atoms with Gasteiger partial charge in [-0.3, -0.25) is 0 Å². The SMILES string of the molecule is Cc1cccc(Nc2nncc(NC3CCCCCC3)n2)c1C. The van der Waals surface area contributed by atoms with Gasteiger partial charge in [-0.15, -0.1) is 5.10 Å². The maximum Gasteiger partial charge on any atom is 0.249 e. The molecule has 122 valence electrons. The lowest BCUT2D eigenvalue weighted by molar-refractivity contribution is 0.617. The standard InChI is InChI=1S/C18H25N5/c1-13-8-7-11-16(14(13)2)21-18-22-17(12-19-23-18)20-15-9-5-3-4-6-10-15/h7-8,11-12,15H,3-6,9-10H2,1-2H3,(H2,20,21,22,23). The Bertz CT molecular complexity index is 648. The average molecular weight is 311 g/mol.